The van der Waals surface area contributed by atoms with Crippen LogP contribution in [0.5, 0.6) is 0 Å². The number of carbonyl (C=O) groups excluding carboxylic acids is 3. The molecule has 67 heavy (non-hydrogen) atoms. The predicted molar refractivity (Wildman–Crippen MR) is 252 cm³/mol. The molecule has 1 saturated heterocycles. The highest BCUT2D eigenvalue weighted by atomic mass is 16.5. The summed E-state index contributed by atoms with van der Waals surface area (Å²) in [6, 6.07) is 0. The van der Waals surface area contributed by atoms with Gasteiger partial charge in [-0.05, 0) is 156 Å². The number of aliphatic imine (C=N–C) groups is 1. The molecule has 11 N–H and O–H groups in total. The van der Waals surface area contributed by atoms with E-state index in [4.69, 9.17) is 16.2 Å². The number of nitrogens with zero attached hydrogens (tertiary/aromatic N) is 1. The molecule has 0 aromatic heterocycles. The second-order valence-corrected chi connectivity index (χ2v) is 23.4. The standard InChI is InChI=1S/C53H80N4O10/c1-28-8-9-32-12-13-35-29(2)20-43(62)51(5,65)48-38(31(7-6-18-58)10-11-33(21-37(35)36(32)19-28)34-22-44(63)67-27-34)24-53(66)45-39(14-15-52(48,53)16-17-56-49(54)55)50(4)25-42(61)41(60)23-40(50)47(64)46(45)57-26-30(3)59/h12,28-29,31,33-43,48,57-58,60-62,65-66H,6-9,13-27H2,1-5H3,(H4,54,55,56)/t28-,29+,31-,33+,34+,35-,36-,37-,38-,39-,40-,41+,42-,43+,48+,50+,51-,52-,53+/m0/s1. The fourth-order valence-electron chi connectivity index (χ4n) is 16.2. The minimum atomic E-state index is -1.85. The van der Waals surface area contributed by atoms with Gasteiger partial charge in [0.25, 0.3) is 0 Å². The minimum Gasteiger partial charge on any atom is -0.465 e. The highest BCUT2D eigenvalue weighted by Crippen LogP contribution is 2.73. The summed E-state index contributed by atoms with van der Waals surface area (Å²) in [7, 11) is 0. The Morgan fingerprint density at radius 3 is 2.42 bits per heavy atom. The smallest absolute Gasteiger partial charge is 0.306 e. The first-order valence-electron chi connectivity index (χ1n) is 25.7. The number of nitrogens with one attached hydrogen (secondary N) is 1. The molecular formula is C53H80N4O10. The predicted octanol–water partition coefficient (Wildman–Crippen LogP) is 3.68. The lowest BCUT2D eigenvalue weighted by Crippen LogP contribution is -2.65. The van der Waals surface area contributed by atoms with E-state index in [1.807, 2.05) is 6.92 Å². The maximum Gasteiger partial charge on any atom is 0.306 e. The van der Waals surface area contributed by atoms with Gasteiger partial charge in [0.15, 0.2) is 11.7 Å². The topological polar surface area (TPSA) is 258 Å². The first-order chi connectivity index (χ1) is 31.7. The van der Waals surface area contributed by atoms with Crippen LogP contribution in [0.2, 0.25) is 0 Å². The number of Topliss-reactive ketones (excluding diaryl/α,β-unsaturated/α-hetero) is 2. The third kappa shape index (κ3) is 8.83. The molecule has 4 saturated carbocycles. The van der Waals surface area contributed by atoms with Gasteiger partial charge < -0.3 is 52.2 Å². The van der Waals surface area contributed by atoms with E-state index in [0.717, 1.165) is 32.1 Å². The molecule has 14 heteroatoms. The summed E-state index contributed by atoms with van der Waals surface area (Å²) in [5.41, 5.74) is 8.21. The molecule has 14 nitrogen and oxygen atoms in total. The average Bonchev–Trinajstić information content (AvgIpc) is 3.82. The zero-order valence-corrected chi connectivity index (χ0v) is 40.6. The second-order valence-electron chi connectivity index (χ2n) is 23.4. The highest BCUT2D eigenvalue weighted by molar-refractivity contribution is 6.00. The molecule has 7 aliphatic carbocycles. The number of aliphatic hydroxyl groups excluding tert-OH is 4. The lowest BCUT2D eigenvalue weighted by atomic mass is 9.44. The van der Waals surface area contributed by atoms with Crippen molar-refractivity contribution in [2.75, 3.05) is 26.3 Å². The Balaban J connectivity index is 1.35. The maximum absolute atomic E-state index is 15.1. The van der Waals surface area contributed by atoms with E-state index >= 15 is 4.79 Å². The fraction of sp³-hybridized carbons (Fsp3) is 0.811. The Bertz CT molecular complexity index is 2070. The lowest BCUT2D eigenvalue weighted by Gasteiger charge is -2.62. The number of nitrogens with two attached hydrogens (primary N) is 2. The summed E-state index contributed by atoms with van der Waals surface area (Å²) in [5.74, 6) is 4.47. The number of cyclic esters (lactones) is 1. The number of rotatable bonds is 10. The third-order valence-electron chi connectivity index (χ3n) is 19.4. The van der Waals surface area contributed by atoms with E-state index < -0.39 is 69.9 Å². The van der Waals surface area contributed by atoms with Crippen molar-refractivity contribution in [3.05, 3.63) is 22.9 Å². The monoisotopic (exact) mass is 933 g/mol. The summed E-state index contributed by atoms with van der Waals surface area (Å²) < 4.78 is 5.63. The normalized spacial score (nSPS) is 46.2. The summed E-state index contributed by atoms with van der Waals surface area (Å²) in [6.45, 7) is 9.68. The number of guanidine groups is 1. The Morgan fingerprint density at radius 2 is 1.73 bits per heavy atom. The second kappa shape index (κ2) is 19.1. The van der Waals surface area contributed by atoms with Crippen molar-refractivity contribution in [2.24, 2.45) is 98.3 Å². The van der Waals surface area contributed by atoms with Gasteiger partial charge in [0.05, 0.1) is 54.8 Å². The molecule has 0 amide bonds. The summed E-state index contributed by atoms with van der Waals surface area (Å²) in [4.78, 5) is 45.1. The molecular weight excluding hydrogens is 853 g/mol. The Hall–Kier alpha value is -3.32. The molecule has 0 bridgehead atoms. The van der Waals surface area contributed by atoms with E-state index in [2.05, 4.69) is 42.1 Å². The van der Waals surface area contributed by atoms with Crippen molar-refractivity contribution in [3.63, 3.8) is 0 Å². The van der Waals surface area contributed by atoms with Crippen molar-refractivity contribution in [1.29, 1.82) is 0 Å². The van der Waals surface area contributed by atoms with Gasteiger partial charge in [-0.3, -0.25) is 19.4 Å². The van der Waals surface area contributed by atoms with Crippen LogP contribution in [0, 0.1) is 93.7 Å². The van der Waals surface area contributed by atoms with Gasteiger partial charge in [0.1, 0.15) is 5.78 Å². The molecule has 8 aliphatic rings. The number of ether oxygens (including phenoxy) is 1. The van der Waals surface area contributed by atoms with Gasteiger partial charge >= 0.3 is 5.97 Å². The molecule has 372 valence electrons. The van der Waals surface area contributed by atoms with E-state index in [0.29, 0.717) is 43.1 Å². The zero-order chi connectivity index (χ0) is 48.4. The molecule has 0 radical (unpaired) electrons. The van der Waals surface area contributed by atoms with Crippen molar-refractivity contribution >= 4 is 23.5 Å². The van der Waals surface area contributed by atoms with Crippen LogP contribution in [-0.2, 0) is 19.1 Å². The van der Waals surface area contributed by atoms with Crippen LogP contribution >= 0.6 is 0 Å². The third-order valence-corrected chi connectivity index (χ3v) is 19.4. The molecule has 5 fully saturated rings. The van der Waals surface area contributed by atoms with Crippen LogP contribution in [0.1, 0.15) is 131 Å². The summed E-state index contributed by atoms with van der Waals surface area (Å²) in [5, 5.41) is 76.7. The zero-order valence-electron chi connectivity index (χ0n) is 40.6. The number of ketones is 2. The van der Waals surface area contributed by atoms with Gasteiger partial charge in [-0.15, -0.1) is 0 Å². The summed E-state index contributed by atoms with van der Waals surface area (Å²) in [6.07, 6.45) is 6.38. The number of hydrogen-bond acceptors (Lipinski definition) is 12. The molecule has 0 unspecified atom stereocenters. The first-order valence-corrected chi connectivity index (χ1v) is 25.7. The van der Waals surface area contributed by atoms with Crippen molar-refractivity contribution in [1.82, 2.24) is 5.32 Å². The van der Waals surface area contributed by atoms with Crippen LogP contribution in [0.4, 0.5) is 0 Å². The molecule has 0 aromatic rings. The fourth-order valence-corrected chi connectivity index (χ4v) is 16.2. The first kappa shape index (κ1) is 50.1. The number of fused-ring (bicyclic) bond motifs is 10. The maximum atomic E-state index is 15.1. The number of hydrogen-bond donors (Lipinski definition) is 9. The molecule has 0 aromatic carbocycles. The van der Waals surface area contributed by atoms with Gasteiger partial charge in [0, 0.05) is 48.2 Å². The molecule has 0 spiro atoms. The van der Waals surface area contributed by atoms with E-state index in [1.165, 1.54) is 12.5 Å². The highest BCUT2D eigenvalue weighted by Gasteiger charge is 2.74. The van der Waals surface area contributed by atoms with Crippen LogP contribution in [0.25, 0.3) is 0 Å². The van der Waals surface area contributed by atoms with Gasteiger partial charge in [-0.2, -0.15) is 0 Å². The SMILES string of the molecule is CC(=O)CNC1=C2[C@H](CC[C@]3(CCN=C(N)N)[C@@H]4[C@@H](C[C@@]23O)[C@@H](CCCO)C#C[C@@H]([C@H]2COC(=O)C2)C[C@H]2[C@@H](CC=C3CC[C@H](C)C[C@@H]32)[C@H](C)C[C@@H](O)[C@]4(C)O)[C@@]2(C)C[C@H](O)[C@H](O)C[C@H]2C1=O. The van der Waals surface area contributed by atoms with Crippen molar-refractivity contribution in [2.45, 2.75) is 160 Å². The molecule has 8 rings (SSSR count). The number of allylic oxidation sites excluding steroid dienone is 3. The quantitative estimate of drug-likeness (QED) is 0.0499. The average molecular weight is 933 g/mol. The van der Waals surface area contributed by atoms with Gasteiger partial charge in [-0.1, -0.05) is 44.3 Å². The number of esters is 1. The van der Waals surface area contributed by atoms with Crippen LogP contribution in [0.15, 0.2) is 27.9 Å². The Labute approximate surface area is 397 Å². The lowest BCUT2D eigenvalue weighted by molar-refractivity contribution is -0.191. The van der Waals surface area contributed by atoms with Gasteiger partial charge in [-0.25, -0.2) is 0 Å². The van der Waals surface area contributed by atoms with Crippen LogP contribution in [-0.4, -0.2) is 110 Å². The number of aliphatic hydroxyl groups is 6. The molecule has 19 atom stereocenters. The molecule has 1 heterocycles. The van der Waals surface area contributed by atoms with Gasteiger partial charge in [0.2, 0.25) is 0 Å². The largest absolute Gasteiger partial charge is 0.465 e. The minimum absolute atomic E-state index is 0.0272. The van der Waals surface area contributed by atoms with Crippen LogP contribution in [0.3, 0.4) is 0 Å². The van der Waals surface area contributed by atoms with E-state index in [9.17, 15) is 40.2 Å². The van der Waals surface area contributed by atoms with Crippen LogP contribution < -0.4 is 16.8 Å². The number of carbonyl (C=O) groups is 3. The van der Waals surface area contributed by atoms with E-state index in [-0.39, 0.29) is 124 Å². The van der Waals surface area contributed by atoms with Crippen molar-refractivity contribution in [3.8, 4) is 11.8 Å². The molecule has 1 aliphatic heterocycles. The summed E-state index contributed by atoms with van der Waals surface area (Å²) >= 11 is 0. The van der Waals surface area contributed by atoms with E-state index in [1.54, 1.807) is 6.92 Å². The van der Waals surface area contributed by atoms with Crippen molar-refractivity contribution < 1.29 is 49.8 Å². The Kier molecular flexibility index (Phi) is 14.3. The Morgan fingerprint density at radius 1 is 0.970 bits per heavy atom.